The highest BCUT2D eigenvalue weighted by Gasteiger charge is 2.42. The van der Waals surface area contributed by atoms with E-state index in [1.54, 1.807) is 18.9 Å². The molecular weight excluding hydrogens is 470 g/mol. The summed E-state index contributed by atoms with van der Waals surface area (Å²) in [5, 5.41) is 12.0. The normalized spacial score (nSPS) is 18.7. The van der Waals surface area contributed by atoms with Gasteiger partial charge in [-0.2, -0.15) is 4.98 Å². The Morgan fingerprint density at radius 1 is 1.08 bits per heavy atom. The molecule has 184 valence electrons. The van der Waals surface area contributed by atoms with E-state index in [0.29, 0.717) is 11.1 Å². The third-order valence-electron chi connectivity index (χ3n) is 6.36. The number of aryl methyl sites for hydroxylation is 1. The molecule has 0 spiro atoms. The maximum Gasteiger partial charge on any atom is 0.232 e. The van der Waals surface area contributed by atoms with E-state index in [2.05, 4.69) is 41.8 Å². The molecule has 0 fully saturated rings. The first-order valence-electron chi connectivity index (χ1n) is 11.9. The molecule has 36 heavy (non-hydrogen) atoms. The molecule has 0 radical (unpaired) electrons. The number of ether oxygens (including phenoxy) is 1. The fourth-order valence-corrected chi connectivity index (χ4v) is 5.37. The number of thioether (sulfide) groups is 1. The number of aromatic nitrogens is 3. The molecule has 4 aromatic rings. The van der Waals surface area contributed by atoms with Crippen LogP contribution in [0.2, 0.25) is 0 Å². The Hall–Kier alpha value is -3.78. The number of nitrogens with zero attached hydrogens (tertiary/aromatic N) is 3. The molecule has 8 heteroatoms. The number of amides is 1. The quantitative estimate of drug-likeness (QED) is 0.325. The van der Waals surface area contributed by atoms with Crippen LogP contribution in [0, 0.1) is 12.8 Å². The maximum absolute atomic E-state index is 13.6. The first-order chi connectivity index (χ1) is 17.5. The van der Waals surface area contributed by atoms with Gasteiger partial charge in [0, 0.05) is 17.5 Å². The Bertz CT molecular complexity index is 1340. The highest BCUT2D eigenvalue weighted by molar-refractivity contribution is 7.98. The third-order valence-corrected chi connectivity index (χ3v) is 7.27. The van der Waals surface area contributed by atoms with E-state index < -0.39 is 5.92 Å². The number of anilines is 2. The van der Waals surface area contributed by atoms with Crippen molar-refractivity contribution in [3.05, 3.63) is 95.6 Å². The van der Waals surface area contributed by atoms with Crippen LogP contribution in [0.5, 0.6) is 5.75 Å². The van der Waals surface area contributed by atoms with Crippen molar-refractivity contribution in [3.8, 4) is 5.75 Å². The van der Waals surface area contributed by atoms with Crippen LogP contribution in [0.1, 0.15) is 29.7 Å². The van der Waals surface area contributed by atoms with Gasteiger partial charge in [-0.25, -0.2) is 4.68 Å². The second-order valence-electron chi connectivity index (χ2n) is 8.97. The Balaban J connectivity index is 1.47. The van der Waals surface area contributed by atoms with Gasteiger partial charge in [-0.15, -0.1) is 5.10 Å². The summed E-state index contributed by atoms with van der Waals surface area (Å²) in [6, 6.07) is 25.3. The van der Waals surface area contributed by atoms with E-state index in [1.807, 2.05) is 66.2 Å². The molecule has 0 bridgehead atoms. The summed E-state index contributed by atoms with van der Waals surface area (Å²) in [7, 11) is 1.64. The van der Waals surface area contributed by atoms with Crippen molar-refractivity contribution in [2.45, 2.75) is 36.8 Å². The lowest BCUT2D eigenvalue weighted by atomic mass is 9.85. The van der Waals surface area contributed by atoms with Crippen molar-refractivity contribution in [2.75, 3.05) is 17.7 Å². The summed E-state index contributed by atoms with van der Waals surface area (Å²) in [6.45, 7) is 4.11. The molecule has 3 atom stereocenters. The van der Waals surface area contributed by atoms with Gasteiger partial charge >= 0.3 is 0 Å². The minimum Gasteiger partial charge on any atom is -0.497 e. The van der Waals surface area contributed by atoms with Gasteiger partial charge in [-0.3, -0.25) is 4.79 Å². The number of fused-ring (bicyclic) bond motifs is 1. The van der Waals surface area contributed by atoms with E-state index in [-0.39, 0.29) is 18.0 Å². The van der Waals surface area contributed by atoms with Crippen LogP contribution < -0.4 is 15.4 Å². The summed E-state index contributed by atoms with van der Waals surface area (Å²) in [5.41, 5.74) is 4.19. The van der Waals surface area contributed by atoms with E-state index in [0.717, 1.165) is 22.8 Å². The van der Waals surface area contributed by atoms with Crippen molar-refractivity contribution in [1.29, 1.82) is 0 Å². The molecule has 1 aliphatic heterocycles. The summed E-state index contributed by atoms with van der Waals surface area (Å²) in [6.07, 6.45) is 0. The molecule has 0 saturated carbocycles. The lowest BCUT2D eigenvalue weighted by molar-refractivity contribution is -0.121. The van der Waals surface area contributed by atoms with Crippen LogP contribution in [0.25, 0.3) is 0 Å². The zero-order chi connectivity index (χ0) is 25.1. The fraction of sp³-hybridized carbons (Fsp3) is 0.250. The summed E-state index contributed by atoms with van der Waals surface area (Å²) in [5.74, 6) is 1.71. The van der Waals surface area contributed by atoms with Crippen molar-refractivity contribution in [2.24, 2.45) is 5.92 Å². The van der Waals surface area contributed by atoms with Gasteiger partial charge in [0.2, 0.25) is 17.0 Å². The number of methoxy groups -OCH3 is 1. The monoisotopic (exact) mass is 499 g/mol. The van der Waals surface area contributed by atoms with E-state index in [9.17, 15) is 4.79 Å². The van der Waals surface area contributed by atoms with Gasteiger partial charge in [0.05, 0.1) is 19.1 Å². The lowest BCUT2D eigenvalue weighted by Crippen LogP contribution is -2.46. The number of hydrogen-bond acceptors (Lipinski definition) is 6. The van der Waals surface area contributed by atoms with Crippen molar-refractivity contribution in [1.82, 2.24) is 14.8 Å². The molecule has 3 aromatic carbocycles. The van der Waals surface area contributed by atoms with Gasteiger partial charge < -0.3 is 15.4 Å². The summed E-state index contributed by atoms with van der Waals surface area (Å²) < 4.78 is 7.21. The Labute approximate surface area is 215 Å². The molecule has 0 aliphatic carbocycles. The van der Waals surface area contributed by atoms with Gasteiger partial charge in [0.1, 0.15) is 5.75 Å². The van der Waals surface area contributed by atoms with E-state index in [4.69, 9.17) is 14.8 Å². The zero-order valence-electron chi connectivity index (χ0n) is 20.5. The van der Waals surface area contributed by atoms with E-state index >= 15 is 0 Å². The molecule has 5 rings (SSSR count). The maximum atomic E-state index is 13.6. The number of hydrogen-bond donors (Lipinski definition) is 2. The van der Waals surface area contributed by atoms with Crippen LogP contribution in [0.15, 0.2) is 84.0 Å². The first-order valence-corrected chi connectivity index (χ1v) is 12.9. The van der Waals surface area contributed by atoms with Gasteiger partial charge in [-0.05, 0) is 49.2 Å². The fourth-order valence-electron chi connectivity index (χ4n) is 4.59. The van der Waals surface area contributed by atoms with Gasteiger partial charge in [0.15, 0.2) is 0 Å². The largest absolute Gasteiger partial charge is 0.497 e. The third kappa shape index (κ3) is 5.09. The Morgan fingerprint density at radius 3 is 2.58 bits per heavy atom. The minimum atomic E-state index is -0.414. The number of carbonyl (C=O) groups is 1. The average Bonchev–Trinajstić information content (AvgIpc) is 3.29. The van der Waals surface area contributed by atoms with Crippen LogP contribution in [0.3, 0.4) is 0 Å². The zero-order valence-corrected chi connectivity index (χ0v) is 21.3. The molecule has 1 amide bonds. The Kier molecular flexibility index (Phi) is 6.95. The number of benzene rings is 3. The average molecular weight is 500 g/mol. The van der Waals surface area contributed by atoms with Crippen LogP contribution in [-0.4, -0.2) is 33.8 Å². The van der Waals surface area contributed by atoms with E-state index in [1.165, 1.54) is 11.1 Å². The number of nitrogens with one attached hydrogen (secondary N) is 2. The Morgan fingerprint density at radius 2 is 1.86 bits per heavy atom. The predicted molar refractivity (Wildman–Crippen MR) is 144 cm³/mol. The van der Waals surface area contributed by atoms with Crippen molar-refractivity contribution in [3.63, 3.8) is 0 Å². The molecule has 3 unspecified atom stereocenters. The highest BCUT2D eigenvalue weighted by Crippen LogP contribution is 2.38. The lowest BCUT2D eigenvalue weighted by Gasteiger charge is -2.36. The molecule has 2 heterocycles. The molecule has 1 aliphatic rings. The van der Waals surface area contributed by atoms with Crippen molar-refractivity contribution >= 4 is 29.3 Å². The first kappa shape index (κ1) is 23.9. The molecule has 1 aromatic heterocycles. The topological polar surface area (TPSA) is 81.1 Å². The SMILES string of the molecule is COc1ccc(C2C(C(=O)Nc3ccccc3)C(C)Nc3nc(SCc4cccc(C)c4)nn32)cc1. The van der Waals surface area contributed by atoms with Crippen LogP contribution >= 0.6 is 11.8 Å². The van der Waals surface area contributed by atoms with Crippen molar-refractivity contribution < 1.29 is 9.53 Å². The van der Waals surface area contributed by atoms with Crippen LogP contribution in [-0.2, 0) is 10.5 Å². The molecule has 0 saturated heterocycles. The van der Waals surface area contributed by atoms with Gasteiger partial charge in [0.25, 0.3) is 0 Å². The highest BCUT2D eigenvalue weighted by atomic mass is 32.2. The molecular formula is C28H29N5O2S. The minimum absolute atomic E-state index is 0.0721. The standard InChI is InChI=1S/C28H29N5O2S/c1-18-8-7-9-20(16-18)17-36-28-31-27-29-19(2)24(26(34)30-22-10-5-4-6-11-22)25(33(27)32-28)21-12-14-23(35-3)15-13-21/h4-16,19,24-25H,17H2,1-3H3,(H,30,34)(H,29,31,32). The second-order valence-corrected chi connectivity index (χ2v) is 9.91. The summed E-state index contributed by atoms with van der Waals surface area (Å²) >= 11 is 1.59. The summed E-state index contributed by atoms with van der Waals surface area (Å²) in [4.78, 5) is 18.4. The predicted octanol–water partition coefficient (Wildman–Crippen LogP) is 5.55. The second kappa shape index (κ2) is 10.5. The molecule has 2 N–H and O–H groups in total. The number of rotatable bonds is 7. The molecule has 7 nitrogen and oxygen atoms in total. The number of carbonyl (C=O) groups excluding carboxylic acids is 1. The smallest absolute Gasteiger partial charge is 0.232 e. The number of para-hydroxylation sites is 1. The van der Waals surface area contributed by atoms with Gasteiger partial charge in [-0.1, -0.05) is 71.9 Å². The van der Waals surface area contributed by atoms with Crippen LogP contribution in [0.4, 0.5) is 11.6 Å².